The summed E-state index contributed by atoms with van der Waals surface area (Å²) in [4.78, 5) is 3.94. The smallest absolute Gasteiger partial charge is 0.184 e. The fourth-order valence-electron chi connectivity index (χ4n) is 0.927. The van der Waals surface area contributed by atoms with E-state index in [1.54, 1.807) is 26.6 Å². The molecular weight excluding hydrogens is 222 g/mol. The minimum atomic E-state index is -0.331. The Morgan fingerprint density at radius 1 is 1.42 bits per heavy atom. The fraction of sp³-hybridized carbons (Fsp3) is 0.375. The van der Waals surface area contributed by atoms with Crippen molar-refractivity contribution in [2.45, 2.75) is 6.29 Å². The predicted molar refractivity (Wildman–Crippen MR) is 48.7 cm³/mol. The van der Waals surface area contributed by atoms with Crippen LogP contribution in [0.25, 0.3) is 0 Å². The van der Waals surface area contributed by atoms with E-state index >= 15 is 0 Å². The third-order valence-corrected chi connectivity index (χ3v) is 2.15. The number of methoxy groups -OCH3 is 2. The van der Waals surface area contributed by atoms with Crippen molar-refractivity contribution in [3.8, 4) is 0 Å². The number of halogens is 1. The lowest BCUT2D eigenvalue weighted by atomic mass is 10.2. The molecule has 0 atom stereocenters. The fourth-order valence-corrected chi connectivity index (χ4v) is 1.36. The maximum Gasteiger partial charge on any atom is 0.184 e. The monoisotopic (exact) mass is 231 g/mol. The van der Waals surface area contributed by atoms with Gasteiger partial charge in [0.05, 0.1) is 0 Å². The summed E-state index contributed by atoms with van der Waals surface area (Å²) in [6.45, 7) is 0. The number of hydrogen-bond acceptors (Lipinski definition) is 3. The van der Waals surface area contributed by atoms with Crippen LogP contribution in [0.2, 0.25) is 0 Å². The van der Waals surface area contributed by atoms with E-state index in [0.29, 0.717) is 0 Å². The molecule has 1 heterocycles. The van der Waals surface area contributed by atoms with E-state index in [0.717, 1.165) is 10.0 Å². The molecule has 66 valence electrons. The quantitative estimate of drug-likeness (QED) is 0.748. The Kier molecular flexibility index (Phi) is 3.65. The van der Waals surface area contributed by atoms with Gasteiger partial charge in [-0.05, 0) is 22.0 Å². The Morgan fingerprint density at radius 2 is 2.08 bits per heavy atom. The van der Waals surface area contributed by atoms with E-state index in [4.69, 9.17) is 9.47 Å². The summed E-state index contributed by atoms with van der Waals surface area (Å²) in [7, 11) is 3.20. The Hall–Kier alpha value is -0.450. The van der Waals surface area contributed by atoms with Crippen LogP contribution in [0.4, 0.5) is 0 Å². The van der Waals surface area contributed by atoms with Crippen molar-refractivity contribution in [3.63, 3.8) is 0 Å². The standard InChI is InChI=1S/C8H10BrNO2/c1-11-8(12-2)6-3-4-10-5-7(6)9/h3-5,8H,1-2H3. The number of ether oxygens (including phenoxy) is 2. The van der Waals surface area contributed by atoms with Crippen LogP contribution < -0.4 is 0 Å². The molecule has 0 unspecified atom stereocenters. The molecule has 12 heavy (non-hydrogen) atoms. The first kappa shape index (κ1) is 9.64. The van der Waals surface area contributed by atoms with Gasteiger partial charge in [-0.3, -0.25) is 4.98 Å². The van der Waals surface area contributed by atoms with Crippen LogP contribution in [0.5, 0.6) is 0 Å². The van der Waals surface area contributed by atoms with E-state index in [2.05, 4.69) is 20.9 Å². The highest BCUT2D eigenvalue weighted by Crippen LogP contribution is 2.24. The molecule has 0 aliphatic carbocycles. The maximum atomic E-state index is 5.09. The van der Waals surface area contributed by atoms with Crippen LogP contribution in [0.1, 0.15) is 11.9 Å². The number of nitrogens with zero attached hydrogens (tertiary/aromatic N) is 1. The van der Waals surface area contributed by atoms with Gasteiger partial charge >= 0.3 is 0 Å². The Balaban J connectivity index is 2.92. The lowest BCUT2D eigenvalue weighted by molar-refractivity contribution is -0.106. The molecular formula is C8H10BrNO2. The largest absolute Gasteiger partial charge is 0.352 e. The SMILES string of the molecule is COC(OC)c1ccncc1Br. The van der Waals surface area contributed by atoms with Gasteiger partial charge < -0.3 is 9.47 Å². The minimum Gasteiger partial charge on any atom is -0.352 e. The summed E-state index contributed by atoms with van der Waals surface area (Å²) in [5.74, 6) is 0. The van der Waals surface area contributed by atoms with Gasteiger partial charge in [0, 0.05) is 36.6 Å². The average molecular weight is 232 g/mol. The van der Waals surface area contributed by atoms with E-state index in [1.165, 1.54) is 0 Å². The van der Waals surface area contributed by atoms with Crippen LogP contribution in [-0.4, -0.2) is 19.2 Å². The maximum absolute atomic E-state index is 5.09. The van der Waals surface area contributed by atoms with E-state index < -0.39 is 0 Å². The number of pyridine rings is 1. The van der Waals surface area contributed by atoms with E-state index in [1.807, 2.05) is 6.07 Å². The van der Waals surface area contributed by atoms with Gasteiger partial charge in [0.15, 0.2) is 6.29 Å². The predicted octanol–water partition coefficient (Wildman–Crippen LogP) is 2.14. The zero-order valence-electron chi connectivity index (χ0n) is 6.95. The highest BCUT2D eigenvalue weighted by Gasteiger charge is 2.11. The summed E-state index contributed by atoms with van der Waals surface area (Å²) >= 11 is 3.36. The lowest BCUT2D eigenvalue weighted by Crippen LogP contribution is -2.04. The summed E-state index contributed by atoms with van der Waals surface area (Å²) in [6, 6.07) is 1.85. The molecule has 0 aromatic carbocycles. The second-order valence-electron chi connectivity index (χ2n) is 2.20. The first-order valence-electron chi connectivity index (χ1n) is 3.44. The highest BCUT2D eigenvalue weighted by molar-refractivity contribution is 9.10. The van der Waals surface area contributed by atoms with Crippen LogP contribution in [0.3, 0.4) is 0 Å². The Bertz CT molecular complexity index is 251. The third kappa shape index (κ3) is 2.03. The molecule has 0 aliphatic heterocycles. The Labute approximate surface area is 79.8 Å². The van der Waals surface area contributed by atoms with Crippen molar-refractivity contribution in [1.82, 2.24) is 4.98 Å². The van der Waals surface area contributed by atoms with Gasteiger partial charge in [-0.2, -0.15) is 0 Å². The molecule has 0 N–H and O–H groups in total. The van der Waals surface area contributed by atoms with Gasteiger partial charge in [0.1, 0.15) is 0 Å². The minimum absolute atomic E-state index is 0.331. The average Bonchev–Trinajstić information content (AvgIpc) is 2.10. The molecule has 0 bridgehead atoms. The van der Waals surface area contributed by atoms with E-state index in [9.17, 15) is 0 Å². The van der Waals surface area contributed by atoms with Crippen LogP contribution in [-0.2, 0) is 9.47 Å². The van der Waals surface area contributed by atoms with Crippen molar-refractivity contribution in [2.24, 2.45) is 0 Å². The zero-order valence-corrected chi connectivity index (χ0v) is 8.54. The van der Waals surface area contributed by atoms with Crippen molar-refractivity contribution < 1.29 is 9.47 Å². The van der Waals surface area contributed by atoms with Crippen molar-refractivity contribution in [2.75, 3.05) is 14.2 Å². The zero-order chi connectivity index (χ0) is 8.97. The highest BCUT2D eigenvalue weighted by atomic mass is 79.9. The van der Waals surface area contributed by atoms with Crippen molar-refractivity contribution in [3.05, 3.63) is 28.5 Å². The molecule has 1 rings (SSSR count). The molecule has 0 spiro atoms. The lowest BCUT2D eigenvalue weighted by Gasteiger charge is -2.14. The second kappa shape index (κ2) is 4.54. The molecule has 4 heteroatoms. The number of aromatic nitrogens is 1. The molecule has 0 saturated carbocycles. The van der Waals surface area contributed by atoms with Crippen LogP contribution in [0, 0.1) is 0 Å². The second-order valence-corrected chi connectivity index (χ2v) is 3.05. The molecule has 0 amide bonds. The van der Waals surface area contributed by atoms with Crippen LogP contribution in [0.15, 0.2) is 22.9 Å². The molecule has 0 radical (unpaired) electrons. The summed E-state index contributed by atoms with van der Waals surface area (Å²) < 4.78 is 11.1. The first-order chi connectivity index (χ1) is 5.79. The normalized spacial score (nSPS) is 10.7. The molecule has 0 fully saturated rings. The molecule has 3 nitrogen and oxygen atoms in total. The summed E-state index contributed by atoms with van der Waals surface area (Å²) in [6.07, 6.45) is 3.08. The van der Waals surface area contributed by atoms with Crippen molar-refractivity contribution in [1.29, 1.82) is 0 Å². The van der Waals surface area contributed by atoms with Crippen molar-refractivity contribution >= 4 is 15.9 Å². The summed E-state index contributed by atoms with van der Waals surface area (Å²) in [5.41, 5.74) is 0.940. The molecule has 1 aromatic rings. The van der Waals surface area contributed by atoms with Gasteiger partial charge in [-0.1, -0.05) is 0 Å². The summed E-state index contributed by atoms with van der Waals surface area (Å²) in [5, 5.41) is 0. The topological polar surface area (TPSA) is 31.4 Å². The number of hydrogen-bond donors (Lipinski definition) is 0. The van der Waals surface area contributed by atoms with Gasteiger partial charge in [-0.15, -0.1) is 0 Å². The molecule has 0 aliphatic rings. The Morgan fingerprint density at radius 3 is 2.58 bits per heavy atom. The molecule has 0 saturated heterocycles. The first-order valence-corrected chi connectivity index (χ1v) is 4.24. The van der Waals surface area contributed by atoms with Crippen LogP contribution >= 0.6 is 15.9 Å². The molecule has 1 aromatic heterocycles. The third-order valence-electron chi connectivity index (χ3n) is 1.49. The van der Waals surface area contributed by atoms with Gasteiger partial charge in [0.25, 0.3) is 0 Å². The van der Waals surface area contributed by atoms with Gasteiger partial charge in [0.2, 0.25) is 0 Å². The van der Waals surface area contributed by atoms with Gasteiger partial charge in [-0.25, -0.2) is 0 Å². The van der Waals surface area contributed by atoms with E-state index in [-0.39, 0.29) is 6.29 Å². The number of rotatable bonds is 3.